The van der Waals surface area contributed by atoms with Crippen LogP contribution in [-0.4, -0.2) is 63.1 Å². The highest BCUT2D eigenvalue weighted by molar-refractivity contribution is 5.95. The number of halogens is 1. The number of fused-ring (bicyclic) bond motifs is 1. The summed E-state index contributed by atoms with van der Waals surface area (Å²) in [6.07, 6.45) is -4.12. The number of primary amides is 1. The average molecular weight is 360 g/mol. The first kappa shape index (κ1) is 20.3. The van der Waals surface area contributed by atoms with E-state index in [1.54, 1.807) is 0 Å². The minimum absolute atomic E-state index is 0.105. The third kappa shape index (κ3) is 5.11. The fourth-order valence-electron chi connectivity index (χ4n) is 1.97. The van der Waals surface area contributed by atoms with Gasteiger partial charge in [0.2, 0.25) is 5.91 Å². The molecule has 25 heavy (non-hydrogen) atoms. The average Bonchev–Trinajstić information content (AvgIpc) is 2.53. The maximum atomic E-state index is 13.3. The standard InChI is InChI=1S/C10H11FN2O2.C4H6O6/c11-8-2-1-6(10(13)14)7-3-5(12)4-15-9(7)8;5-1(3(7)8)2(6)4(9)10/h1-2,5H,3-4,12H2,(H2,13,14);1-2,5-6H,(H,7,8)(H,9,10)/t5-;/m1./s1. The van der Waals surface area contributed by atoms with E-state index < -0.39 is 35.9 Å². The van der Waals surface area contributed by atoms with Crippen molar-refractivity contribution in [2.45, 2.75) is 24.7 Å². The number of aliphatic hydroxyl groups is 2. The van der Waals surface area contributed by atoms with Crippen LogP contribution in [0.1, 0.15) is 15.9 Å². The van der Waals surface area contributed by atoms with Gasteiger partial charge in [-0.2, -0.15) is 0 Å². The summed E-state index contributed by atoms with van der Waals surface area (Å²) in [6, 6.07) is 2.31. The number of carbonyl (C=O) groups excluding carboxylic acids is 1. The number of amides is 1. The summed E-state index contributed by atoms with van der Waals surface area (Å²) in [6.45, 7) is 0.256. The Morgan fingerprint density at radius 2 is 1.68 bits per heavy atom. The number of nitrogens with two attached hydrogens (primary N) is 2. The van der Waals surface area contributed by atoms with Crippen molar-refractivity contribution in [3.8, 4) is 5.75 Å². The predicted octanol–water partition coefficient (Wildman–Crippen LogP) is -1.94. The number of carboxylic acid groups (broad SMARTS) is 2. The molecule has 0 saturated carbocycles. The molecule has 1 heterocycles. The zero-order valence-corrected chi connectivity index (χ0v) is 12.8. The van der Waals surface area contributed by atoms with Crippen LogP contribution >= 0.6 is 0 Å². The van der Waals surface area contributed by atoms with Gasteiger partial charge >= 0.3 is 11.9 Å². The lowest BCUT2D eigenvalue weighted by Crippen LogP contribution is -2.39. The normalized spacial score (nSPS) is 17.8. The van der Waals surface area contributed by atoms with E-state index in [-0.39, 0.29) is 24.0 Å². The summed E-state index contributed by atoms with van der Waals surface area (Å²) in [5.41, 5.74) is 11.6. The molecule has 0 aromatic heterocycles. The van der Waals surface area contributed by atoms with E-state index in [0.717, 1.165) is 0 Å². The SMILES string of the molecule is NC(=O)c1ccc(F)c2c1C[C@@H](N)CO2.O=C(O)C(O)C(O)C(=O)O. The summed E-state index contributed by atoms with van der Waals surface area (Å²) >= 11 is 0. The fraction of sp³-hybridized carbons (Fsp3) is 0.357. The minimum Gasteiger partial charge on any atom is -0.489 e. The largest absolute Gasteiger partial charge is 0.489 e. The highest BCUT2D eigenvalue weighted by Crippen LogP contribution is 2.30. The summed E-state index contributed by atoms with van der Waals surface area (Å²) in [4.78, 5) is 30.6. The molecule has 0 spiro atoms. The lowest BCUT2D eigenvalue weighted by atomic mass is 9.97. The van der Waals surface area contributed by atoms with Gasteiger partial charge in [0.05, 0.1) is 0 Å². The number of hydrogen-bond donors (Lipinski definition) is 6. The number of carboxylic acids is 2. The lowest BCUT2D eigenvalue weighted by Gasteiger charge is -2.24. The van der Waals surface area contributed by atoms with Crippen molar-refractivity contribution in [3.63, 3.8) is 0 Å². The van der Waals surface area contributed by atoms with E-state index in [1.807, 2.05) is 0 Å². The topological polar surface area (TPSA) is 193 Å². The molecule has 0 fully saturated rings. The van der Waals surface area contributed by atoms with Gasteiger partial charge in [0.25, 0.3) is 0 Å². The number of aliphatic carboxylic acids is 2. The lowest BCUT2D eigenvalue weighted by molar-refractivity contribution is -0.165. The van der Waals surface area contributed by atoms with Gasteiger partial charge in [0.15, 0.2) is 23.8 Å². The first-order chi connectivity index (χ1) is 11.6. The molecule has 1 amide bonds. The molecule has 0 radical (unpaired) electrons. The Kier molecular flexibility index (Phi) is 6.79. The molecule has 1 aromatic rings. The first-order valence-electron chi connectivity index (χ1n) is 6.87. The Balaban J connectivity index is 0.000000275. The second kappa shape index (κ2) is 8.37. The second-order valence-corrected chi connectivity index (χ2v) is 5.11. The van der Waals surface area contributed by atoms with Gasteiger partial charge < -0.3 is 36.6 Å². The van der Waals surface area contributed by atoms with Gasteiger partial charge in [-0.05, 0) is 18.6 Å². The van der Waals surface area contributed by atoms with Crippen LogP contribution in [0.15, 0.2) is 12.1 Å². The van der Waals surface area contributed by atoms with Crippen LogP contribution < -0.4 is 16.2 Å². The third-order valence-corrected chi connectivity index (χ3v) is 3.19. The van der Waals surface area contributed by atoms with Crippen LogP contribution in [0.2, 0.25) is 0 Å². The summed E-state index contributed by atoms with van der Waals surface area (Å²) < 4.78 is 18.5. The van der Waals surface area contributed by atoms with Gasteiger partial charge in [0.1, 0.15) is 6.61 Å². The molecule has 138 valence electrons. The van der Waals surface area contributed by atoms with Crippen molar-refractivity contribution in [3.05, 3.63) is 29.1 Å². The quantitative estimate of drug-likeness (QED) is 0.354. The molecule has 8 N–H and O–H groups in total. The van der Waals surface area contributed by atoms with Gasteiger partial charge in [-0.3, -0.25) is 4.79 Å². The van der Waals surface area contributed by atoms with Crippen molar-refractivity contribution >= 4 is 17.8 Å². The number of rotatable bonds is 4. The molecule has 3 atom stereocenters. The Morgan fingerprint density at radius 3 is 2.12 bits per heavy atom. The molecule has 10 nitrogen and oxygen atoms in total. The number of aliphatic hydroxyl groups excluding tert-OH is 2. The van der Waals surface area contributed by atoms with Crippen molar-refractivity contribution in [2.24, 2.45) is 11.5 Å². The smallest absolute Gasteiger partial charge is 0.335 e. The van der Waals surface area contributed by atoms with Gasteiger partial charge in [-0.1, -0.05) is 0 Å². The highest BCUT2D eigenvalue weighted by atomic mass is 19.1. The zero-order chi connectivity index (χ0) is 19.3. The molecule has 2 rings (SSSR count). The van der Waals surface area contributed by atoms with Crippen molar-refractivity contribution in [1.29, 1.82) is 0 Å². The van der Waals surface area contributed by atoms with Crippen molar-refractivity contribution in [2.75, 3.05) is 6.61 Å². The number of ether oxygens (including phenoxy) is 1. The Morgan fingerprint density at radius 1 is 1.16 bits per heavy atom. The van der Waals surface area contributed by atoms with Gasteiger partial charge in [-0.25, -0.2) is 14.0 Å². The molecule has 0 aliphatic carbocycles. The Bertz CT molecular complexity index is 663. The number of carbonyl (C=O) groups is 3. The second-order valence-electron chi connectivity index (χ2n) is 5.11. The van der Waals surface area contributed by atoms with E-state index in [2.05, 4.69) is 0 Å². The van der Waals surface area contributed by atoms with Crippen LogP contribution in [0.25, 0.3) is 0 Å². The van der Waals surface area contributed by atoms with Gasteiger partial charge in [-0.15, -0.1) is 0 Å². The number of benzene rings is 1. The maximum Gasteiger partial charge on any atom is 0.335 e. The van der Waals surface area contributed by atoms with E-state index >= 15 is 0 Å². The van der Waals surface area contributed by atoms with E-state index in [9.17, 15) is 18.8 Å². The van der Waals surface area contributed by atoms with Crippen molar-refractivity contribution < 1.29 is 43.9 Å². The first-order valence-corrected chi connectivity index (χ1v) is 6.87. The van der Waals surface area contributed by atoms with E-state index in [1.165, 1.54) is 12.1 Å². The van der Waals surface area contributed by atoms with Crippen LogP contribution in [0.5, 0.6) is 5.75 Å². The van der Waals surface area contributed by atoms with Crippen LogP contribution in [0.3, 0.4) is 0 Å². The summed E-state index contributed by atoms with van der Waals surface area (Å²) in [7, 11) is 0. The predicted molar refractivity (Wildman–Crippen MR) is 79.4 cm³/mol. The minimum atomic E-state index is -2.27. The molecule has 11 heteroatoms. The fourth-order valence-corrected chi connectivity index (χ4v) is 1.97. The summed E-state index contributed by atoms with van der Waals surface area (Å²) in [5.74, 6) is -4.51. The van der Waals surface area contributed by atoms with Crippen LogP contribution in [-0.2, 0) is 16.0 Å². The molecule has 1 aliphatic rings. The number of hydrogen-bond acceptors (Lipinski definition) is 7. The van der Waals surface area contributed by atoms with E-state index in [0.29, 0.717) is 12.0 Å². The van der Waals surface area contributed by atoms with Crippen LogP contribution in [0, 0.1) is 5.82 Å². The zero-order valence-electron chi connectivity index (χ0n) is 12.8. The third-order valence-electron chi connectivity index (χ3n) is 3.19. The molecule has 0 saturated heterocycles. The van der Waals surface area contributed by atoms with E-state index in [4.69, 9.17) is 36.6 Å². The monoisotopic (exact) mass is 360 g/mol. The highest BCUT2D eigenvalue weighted by Gasteiger charge is 2.29. The molecule has 2 unspecified atom stereocenters. The summed E-state index contributed by atoms with van der Waals surface area (Å²) in [5, 5.41) is 32.5. The molecule has 1 aromatic carbocycles. The maximum absolute atomic E-state index is 13.3. The van der Waals surface area contributed by atoms with Gasteiger partial charge in [0, 0.05) is 17.2 Å². The molecular formula is C14H17FN2O8. The Hall–Kier alpha value is -2.76. The molecular weight excluding hydrogens is 343 g/mol. The Labute approximate surface area is 140 Å². The molecule has 0 bridgehead atoms. The van der Waals surface area contributed by atoms with Crippen LogP contribution in [0.4, 0.5) is 4.39 Å². The van der Waals surface area contributed by atoms with Crippen molar-refractivity contribution in [1.82, 2.24) is 0 Å². The molecule has 1 aliphatic heterocycles.